The molecule has 0 radical (unpaired) electrons. The van der Waals surface area contributed by atoms with Gasteiger partial charge in [-0.1, -0.05) is 45.9 Å². The van der Waals surface area contributed by atoms with E-state index in [0.29, 0.717) is 0 Å². The fourth-order valence-electron chi connectivity index (χ4n) is 2.57. The number of thiazole rings is 1. The maximum atomic E-state index is 5.47. The number of methoxy groups -OCH3 is 1. The van der Waals surface area contributed by atoms with Gasteiger partial charge in [-0.05, 0) is 30.3 Å². The first-order valence-electron chi connectivity index (χ1n) is 8.11. The third-order valence-electron chi connectivity index (χ3n) is 3.84. The van der Waals surface area contributed by atoms with Gasteiger partial charge in [-0.2, -0.15) is 0 Å². The number of benzene rings is 2. The van der Waals surface area contributed by atoms with Crippen LogP contribution < -0.4 is 4.74 Å². The summed E-state index contributed by atoms with van der Waals surface area (Å²) in [6.07, 6.45) is 1.73. The van der Waals surface area contributed by atoms with E-state index in [2.05, 4.69) is 31.5 Å². The van der Waals surface area contributed by atoms with E-state index in [-0.39, 0.29) is 0 Å². The van der Waals surface area contributed by atoms with Gasteiger partial charge in [-0.3, -0.25) is 4.57 Å². The Hall–Kier alpha value is -2.16. The summed E-state index contributed by atoms with van der Waals surface area (Å²) in [5.41, 5.74) is 3.04. The van der Waals surface area contributed by atoms with Crippen LogP contribution in [-0.2, 0) is 5.75 Å². The molecule has 27 heavy (non-hydrogen) atoms. The number of halogens is 1. The standard InChI is InChI=1S/C19H15BrN4OS2/c1-25-17-8-7-13(20)9-16(17)18-22-14(10-26-18)11-27-19-23-21-12-24(19)15-5-3-2-4-6-15/h2-10,12H,11H2,1H3. The van der Waals surface area contributed by atoms with Gasteiger partial charge in [0.2, 0.25) is 0 Å². The van der Waals surface area contributed by atoms with Crippen LogP contribution in [0.25, 0.3) is 16.3 Å². The summed E-state index contributed by atoms with van der Waals surface area (Å²) in [7, 11) is 1.67. The minimum Gasteiger partial charge on any atom is -0.496 e. The molecule has 0 atom stereocenters. The number of rotatable bonds is 6. The molecule has 2 heterocycles. The highest BCUT2D eigenvalue weighted by molar-refractivity contribution is 9.10. The lowest BCUT2D eigenvalue weighted by Crippen LogP contribution is -1.95. The van der Waals surface area contributed by atoms with E-state index < -0.39 is 0 Å². The summed E-state index contributed by atoms with van der Waals surface area (Å²) in [4.78, 5) is 4.77. The van der Waals surface area contributed by atoms with Crippen LogP contribution in [0.3, 0.4) is 0 Å². The van der Waals surface area contributed by atoms with Gasteiger partial charge >= 0.3 is 0 Å². The molecule has 136 valence electrons. The first-order chi connectivity index (χ1) is 13.2. The van der Waals surface area contributed by atoms with Crippen molar-refractivity contribution >= 4 is 39.0 Å². The second-order valence-electron chi connectivity index (χ2n) is 5.60. The minimum absolute atomic E-state index is 0.721. The number of para-hydroxylation sites is 1. The van der Waals surface area contributed by atoms with Crippen molar-refractivity contribution < 1.29 is 4.74 Å². The van der Waals surface area contributed by atoms with Gasteiger partial charge in [0, 0.05) is 21.3 Å². The van der Waals surface area contributed by atoms with Gasteiger partial charge in [0.25, 0.3) is 0 Å². The summed E-state index contributed by atoms with van der Waals surface area (Å²) >= 11 is 6.74. The number of aromatic nitrogens is 4. The molecule has 0 bridgehead atoms. The third kappa shape index (κ3) is 4.07. The van der Waals surface area contributed by atoms with E-state index in [1.807, 2.05) is 53.1 Å². The molecule has 2 aromatic carbocycles. The van der Waals surface area contributed by atoms with Gasteiger partial charge in [0.05, 0.1) is 18.4 Å². The molecule has 0 spiro atoms. The second-order valence-corrected chi connectivity index (χ2v) is 8.31. The van der Waals surface area contributed by atoms with Gasteiger partial charge in [0.15, 0.2) is 5.16 Å². The first-order valence-corrected chi connectivity index (χ1v) is 10.8. The molecule has 4 rings (SSSR count). The quantitative estimate of drug-likeness (QED) is 0.359. The molecular weight excluding hydrogens is 444 g/mol. The number of thioether (sulfide) groups is 1. The largest absolute Gasteiger partial charge is 0.496 e. The van der Waals surface area contributed by atoms with Crippen molar-refractivity contribution in [1.29, 1.82) is 0 Å². The topological polar surface area (TPSA) is 52.8 Å². The van der Waals surface area contributed by atoms with Gasteiger partial charge in [-0.15, -0.1) is 21.5 Å². The zero-order valence-electron chi connectivity index (χ0n) is 14.4. The van der Waals surface area contributed by atoms with E-state index in [9.17, 15) is 0 Å². The molecule has 2 aromatic heterocycles. The van der Waals surface area contributed by atoms with Gasteiger partial charge < -0.3 is 4.74 Å². The number of ether oxygens (including phenoxy) is 1. The molecule has 0 aliphatic rings. The van der Waals surface area contributed by atoms with E-state index in [1.165, 1.54) is 0 Å². The van der Waals surface area contributed by atoms with Crippen molar-refractivity contribution in [2.75, 3.05) is 7.11 Å². The lowest BCUT2D eigenvalue weighted by atomic mass is 10.2. The molecule has 0 fully saturated rings. The van der Waals surface area contributed by atoms with Crippen LogP contribution in [0.4, 0.5) is 0 Å². The van der Waals surface area contributed by atoms with E-state index in [4.69, 9.17) is 9.72 Å². The maximum absolute atomic E-state index is 5.47. The molecule has 0 amide bonds. The van der Waals surface area contributed by atoms with Gasteiger partial charge in [0.1, 0.15) is 17.1 Å². The Morgan fingerprint density at radius 1 is 1.19 bits per heavy atom. The van der Waals surface area contributed by atoms with Crippen LogP contribution >= 0.6 is 39.0 Å². The van der Waals surface area contributed by atoms with Crippen molar-refractivity contribution in [3.63, 3.8) is 0 Å². The molecule has 8 heteroatoms. The Kier molecular flexibility index (Phi) is 5.56. The Bertz CT molecular complexity index is 1050. The van der Waals surface area contributed by atoms with Crippen LogP contribution in [0.2, 0.25) is 0 Å². The number of nitrogens with zero attached hydrogens (tertiary/aromatic N) is 4. The number of hydrogen-bond acceptors (Lipinski definition) is 6. The van der Waals surface area contributed by atoms with Crippen LogP contribution in [0.15, 0.2) is 69.9 Å². The molecule has 0 saturated carbocycles. The maximum Gasteiger partial charge on any atom is 0.195 e. The highest BCUT2D eigenvalue weighted by Crippen LogP contribution is 2.35. The van der Waals surface area contributed by atoms with E-state index in [1.54, 1.807) is 36.5 Å². The first kappa shape index (κ1) is 18.2. The molecule has 0 aliphatic carbocycles. The van der Waals surface area contributed by atoms with Crippen LogP contribution in [0.5, 0.6) is 5.75 Å². The normalized spacial score (nSPS) is 10.9. The van der Waals surface area contributed by atoms with Crippen molar-refractivity contribution in [1.82, 2.24) is 19.7 Å². The highest BCUT2D eigenvalue weighted by atomic mass is 79.9. The predicted molar refractivity (Wildman–Crippen MR) is 113 cm³/mol. The van der Waals surface area contributed by atoms with Crippen LogP contribution in [-0.4, -0.2) is 26.9 Å². The van der Waals surface area contributed by atoms with Crippen molar-refractivity contribution in [2.24, 2.45) is 0 Å². The lowest BCUT2D eigenvalue weighted by molar-refractivity contribution is 0.416. The molecule has 0 N–H and O–H groups in total. The summed E-state index contributed by atoms with van der Waals surface area (Å²) in [5.74, 6) is 1.54. The molecule has 0 aliphatic heterocycles. The fraction of sp³-hybridized carbons (Fsp3) is 0.105. The molecular formula is C19H15BrN4OS2. The highest BCUT2D eigenvalue weighted by Gasteiger charge is 2.13. The van der Waals surface area contributed by atoms with Crippen molar-refractivity contribution in [2.45, 2.75) is 10.9 Å². The Balaban J connectivity index is 1.52. The molecule has 5 nitrogen and oxygen atoms in total. The Morgan fingerprint density at radius 2 is 2.04 bits per heavy atom. The molecule has 0 unspecified atom stereocenters. The third-order valence-corrected chi connectivity index (χ3v) is 6.24. The van der Waals surface area contributed by atoms with E-state index >= 15 is 0 Å². The summed E-state index contributed by atoms with van der Waals surface area (Å²) in [5, 5.41) is 12.1. The average molecular weight is 459 g/mol. The smallest absolute Gasteiger partial charge is 0.195 e. The fourth-order valence-corrected chi connectivity index (χ4v) is 4.70. The van der Waals surface area contributed by atoms with Crippen LogP contribution in [0.1, 0.15) is 5.69 Å². The van der Waals surface area contributed by atoms with Gasteiger partial charge in [-0.25, -0.2) is 4.98 Å². The monoisotopic (exact) mass is 458 g/mol. The molecule has 4 aromatic rings. The zero-order chi connectivity index (χ0) is 18.6. The Morgan fingerprint density at radius 3 is 2.85 bits per heavy atom. The minimum atomic E-state index is 0.721. The average Bonchev–Trinajstić information content (AvgIpc) is 3.36. The zero-order valence-corrected chi connectivity index (χ0v) is 17.6. The SMILES string of the molecule is COc1ccc(Br)cc1-c1nc(CSc2nncn2-c2ccccc2)cs1. The lowest BCUT2D eigenvalue weighted by Gasteiger charge is -2.06. The van der Waals surface area contributed by atoms with Crippen molar-refractivity contribution in [3.8, 4) is 22.0 Å². The van der Waals surface area contributed by atoms with Crippen molar-refractivity contribution in [3.05, 3.63) is 70.4 Å². The summed E-state index contributed by atoms with van der Waals surface area (Å²) in [6, 6.07) is 16.0. The summed E-state index contributed by atoms with van der Waals surface area (Å²) < 4.78 is 8.45. The van der Waals surface area contributed by atoms with Crippen LogP contribution in [0, 0.1) is 0 Å². The molecule has 0 saturated heterocycles. The Labute approximate surface area is 173 Å². The second kappa shape index (κ2) is 8.24. The summed E-state index contributed by atoms with van der Waals surface area (Å²) in [6.45, 7) is 0. The van der Waals surface area contributed by atoms with E-state index in [0.717, 1.165) is 43.1 Å². The predicted octanol–water partition coefficient (Wildman–Crippen LogP) is 5.45. The number of hydrogen-bond donors (Lipinski definition) is 0.